The van der Waals surface area contributed by atoms with Gasteiger partial charge in [0.15, 0.2) is 0 Å². The Morgan fingerprint density at radius 2 is 1.16 bits per heavy atom. The summed E-state index contributed by atoms with van der Waals surface area (Å²) in [6, 6.07) is 48.7. The first-order valence-corrected chi connectivity index (χ1v) is 17.0. The maximum Gasteiger partial charge on any atom is 0.235 e. The van der Waals surface area contributed by atoms with Gasteiger partial charge in [0.05, 0.1) is 39.0 Å². The van der Waals surface area contributed by atoms with Gasteiger partial charge in [0, 0.05) is 54.4 Å². The summed E-state index contributed by atoms with van der Waals surface area (Å²) in [5.74, 6) is 0.703. The summed E-state index contributed by atoms with van der Waals surface area (Å²) in [6.45, 7) is 4.62. The first-order valence-electron chi connectivity index (χ1n) is 17.0. The molecule has 4 heteroatoms. The van der Waals surface area contributed by atoms with E-state index in [2.05, 4.69) is 156 Å². The minimum atomic E-state index is -0.238. The van der Waals surface area contributed by atoms with Crippen molar-refractivity contribution in [3.63, 3.8) is 0 Å². The van der Waals surface area contributed by atoms with Crippen LogP contribution in [-0.2, 0) is 5.41 Å². The van der Waals surface area contributed by atoms with E-state index in [1.54, 1.807) is 0 Å². The van der Waals surface area contributed by atoms with Gasteiger partial charge in [-0.25, -0.2) is 9.97 Å². The van der Waals surface area contributed by atoms with Gasteiger partial charge < -0.3 is 4.40 Å². The zero-order chi connectivity index (χ0) is 32.2. The van der Waals surface area contributed by atoms with E-state index in [-0.39, 0.29) is 5.41 Å². The first-order chi connectivity index (χ1) is 24.1. The molecule has 0 saturated heterocycles. The zero-order valence-corrected chi connectivity index (χ0v) is 27.0. The number of para-hydroxylation sites is 1. The van der Waals surface area contributed by atoms with Crippen molar-refractivity contribution in [1.29, 1.82) is 0 Å². The molecule has 49 heavy (non-hydrogen) atoms. The first kappa shape index (κ1) is 25.8. The molecule has 7 aromatic carbocycles. The summed E-state index contributed by atoms with van der Waals surface area (Å²) in [7, 11) is 0. The number of hydrogen-bond donors (Lipinski definition) is 0. The maximum atomic E-state index is 5.55. The van der Waals surface area contributed by atoms with Crippen LogP contribution in [0.3, 0.4) is 0 Å². The van der Waals surface area contributed by atoms with Gasteiger partial charge in [-0.15, -0.1) is 0 Å². The second kappa shape index (κ2) is 8.60. The lowest BCUT2D eigenvalue weighted by Crippen LogP contribution is -2.18. The molecule has 4 aromatic heterocycles. The van der Waals surface area contributed by atoms with Crippen LogP contribution in [-0.4, -0.2) is 18.9 Å². The molecule has 0 unspecified atom stereocenters. The lowest BCUT2D eigenvalue weighted by Gasteiger charge is -2.24. The molecule has 0 atom stereocenters. The van der Waals surface area contributed by atoms with Crippen LogP contribution in [0.5, 0.6) is 0 Å². The molecule has 0 spiro atoms. The lowest BCUT2D eigenvalue weighted by molar-refractivity contribution is 0.657. The Kier molecular flexibility index (Phi) is 4.53. The number of rotatable bonds is 2. The van der Waals surface area contributed by atoms with Crippen molar-refractivity contribution in [1.82, 2.24) is 18.9 Å². The quantitative estimate of drug-likeness (QED) is 0.192. The van der Waals surface area contributed by atoms with E-state index in [4.69, 9.17) is 9.97 Å². The molecule has 0 fully saturated rings. The average Bonchev–Trinajstić information content (AvgIpc) is 3.71. The Morgan fingerprint density at radius 3 is 2.02 bits per heavy atom. The molecule has 12 rings (SSSR count). The van der Waals surface area contributed by atoms with Gasteiger partial charge in [0.1, 0.15) is 0 Å². The Hall–Kier alpha value is -6.26. The van der Waals surface area contributed by atoms with E-state index < -0.39 is 0 Å². The minimum absolute atomic E-state index is 0.238. The number of benzene rings is 7. The summed E-state index contributed by atoms with van der Waals surface area (Å²) < 4.78 is 4.84. The molecule has 0 amide bonds. The summed E-state index contributed by atoms with van der Waals surface area (Å²) in [5, 5.41) is 10.1. The molecule has 1 aliphatic rings. The predicted octanol–water partition coefficient (Wildman–Crippen LogP) is 11.3. The van der Waals surface area contributed by atoms with Crippen LogP contribution >= 0.6 is 0 Å². The van der Waals surface area contributed by atoms with Gasteiger partial charge in [-0.2, -0.15) is 0 Å². The molecule has 0 saturated carbocycles. The lowest BCUT2D eigenvalue weighted by atomic mass is 9.81. The third-order valence-corrected chi connectivity index (χ3v) is 11.4. The van der Waals surface area contributed by atoms with Crippen LogP contribution in [0.25, 0.3) is 99.1 Å². The van der Waals surface area contributed by atoms with E-state index in [9.17, 15) is 0 Å². The summed E-state index contributed by atoms with van der Waals surface area (Å²) in [5.41, 5.74) is 12.5. The number of fused-ring (bicyclic) bond motifs is 7. The summed E-state index contributed by atoms with van der Waals surface area (Å²) in [4.78, 5) is 11.1. The molecule has 0 aliphatic heterocycles. The summed E-state index contributed by atoms with van der Waals surface area (Å²) >= 11 is 0. The molecule has 0 N–H and O–H groups in total. The maximum absolute atomic E-state index is 5.55. The van der Waals surface area contributed by atoms with Crippen LogP contribution in [0.1, 0.15) is 25.0 Å². The molecular weight excluding hydrogens is 597 g/mol. The number of aromatic nitrogens is 4. The van der Waals surface area contributed by atoms with Crippen LogP contribution in [0, 0.1) is 0 Å². The Bertz CT molecular complexity index is 3180. The third-order valence-electron chi connectivity index (χ3n) is 11.4. The molecule has 4 nitrogen and oxygen atoms in total. The highest BCUT2D eigenvalue weighted by Crippen LogP contribution is 2.52. The van der Waals surface area contributed by atoms with E-state index in [0.29, 0.717) is 5.95 Å². The highest BCUT2D eigenvalue weighted by atomic mass is 15.2. The van der Waals surface area contributed by atoms with Crippen molar-refractivity contribution in [3.8, 4) is 28.5 Å². The van der Waals surface area contributed by atoms with Gasteiger partial charge >= 0.3 is 0 Å². The van der Waals surface area contributed by atoms with Gasteiger partial charge in [-0.1, -0.05) is 123 Å². The standard InChI is InChI=1S/C45H28N4/c1-45(2)31-16-8-6-15-30(31)42-40(45)41(27-11-4-3-5-12-27)46-44(47-42)49-34-23-20-25-13-10-18-33-36(25)38(34)39-35(49)24-21-26-19-22-29-28-14-7-9-17-32(28)48(33)43(29)37(26)39/h3-24H,1-2H3. The van der Waals surface area contributed by atoms with Crippen LogP contribution in [0.15, 0.2) is 133 Å². The van der Waals surface area contributed by atoms with Crippen LogP contribution in [0.2, 0.25) is 0 Å². The smallest absolute Gasteiger partial charge is 0.235 e. The normalized spacial score (nSPS) is 14.1. The second-order valence-electron chi connectivity index (χ2n) is 14.2. The Morgan fingerprint density at radius 1 is 0.490 bits per heavy atom. The largest absolute Gasteiger partial charge is 0.308 e. The van der Waals surface area contributed by atoms with Crippen molar-refractivity contribution in [2.75, 3.05) is 0 Å². The number of nitrogens with zero attached hydrogens (tertiary/aromatic N) is 4. The minimum Gasteiger partial charge on any atom is -0.308 e. The van der Waals surface area contributed by atoms with Crippen molar-refractivity contribution < 1.29 is 0 Å². The molecule has 11 aromatic rings. The molecule has 4 heterocycles. The molecule has 228 valence electrons. The van der Waals surface area contributed by atoms with Crippen LogP contribution in [0.4, 0.5) is 0 Å². The highest BCUT2D eigenvalue weighted by molar-refractivity contribution is 6.37. The van der Waals surface area contributed by atoms with Crippen molar-refractivity contribution >= 4 is 70.7 Å². The number of hydrogen-bond acceptors (Lipinski definition) is 2. The fraction of sp³-hybridized carbons (Fsp3) is 0.0667. The zero-order valence-electron chi connectivity index (χ0n) is 27.0. The van der Waals surface area contributed by atoms with Gasteiger partial charge in [-0.3, -0.25) is 4.57 Å². The van der Waals surface area contributed by atoms with E-state index >= 15 is 0 Å². The monoisotopic (exact) mass is 624 g/mol. The predicted molar refractivity (Wildman–Crippen MR) is 203 cm³/mol. The fourth-order valence-corrected chi connectivity index (χ4v) is 9.37. The van der Waals surface area contributed by atoms with Gasteiger partial charge in [0.25, 0.3) is 0 Å². The molecule has 1 aliphatic carbocycles. The Labute approximate surface area is 281 Å². The Balaban J connectivity index is 1.32. The summed E-state index contributed by atoms with van der Waals surface area (Å²) in [6.07, 6.45) is 0. The van der Waals surface area contributed by atoms with Crippen molar-refractivity contribution in [2.45, 2.75) is 19.3 Å². The van der Waals surface area contributed by atoms with Gasteiger partial charge in [-0.05, 0) is 40.6 Å². The molecular formula is C45H28N4. The van der Waals surface area contributed by atoms with Crippen molar-refractivity contribution in [2.24, 2.45) is 0 Å². The van der Waals surface area contributed by atoms with E-state index in [0.717, 1.165) is 28.0 Å². The second-order valence-corrected chi connectivity index (χ2v) is 14.2. The van der Waals surface area contributed by atoms with Crippen molar-refractivity contribution in [3.05, 3.63) is 145 Å². The SMILES string of the molecule is CC1(C)c2ccccc2-c2nc(-n3c4ccc5cccc6c5c4c4c5c(ccc7c8ccccc8n6c75)ccc43)nc(-c3ccccc3)c21. The molecule has 0 radical (unpaired) electrons. The molecule has 0 bridgehead atoms. The average molecular weight is 625 g/mol. The topological polar surface area (TPSA) is 35.1 Å². The van der Waals surface area contributed by atoms with E-state index in [1.165, 1.54) is 76.3 Å². The van der Waals surface area contributed by atoms with Crippen LogP contribution < -0.4 is 0 Å². The van der Waals surface area contributed by atoms with E-state index in [1.807, 2.05) is 0 Å². The third kappa shape index (κ3) is 2.98. The highest BCUT2D eigenvalue weighted by Gasteiger charge is 2.40. The fourth-order valence-electron chi connectivity index (χ4n) is 9.37. The van der Waals surface area contributed by atoms with Gasteiger partial charge in [0.2, 0.25) is 5.95 Å².